The van der Waals surface area contributed by atoms with Crippen molar-refractivity contribution >= 4 is 39.4 Å². The molecule has 5 saturated heterocycles. The maximum absolute atomic E-state index is 14.5. The number of ether oxygens (including phenoxy) is 3. The summed E-state index contributed by atoms with van der Waals surface area (Å²) in [5.41, 5.74) is 6.80. The highest BCUT2D eigenvalue weighted by Crippen LogP contribution is 2.62. The van der Waals surface area contributed by atoms with Crippen LogP contribution in [0.3, 0.4) is 0 Å². The Hall–Kier alpha value is -1.65. The predicted molar refractivity (Wildman–Crippen MR) is 225 cm³/mol. The van der Waals surface area contributed by atoms with Gasteiger partial charge in [0.05, 0.1) is 24.2 Å². The van der Waals surface area contributed by atoms with E-state index < -0.39 is 11.2 Å². The van der Waals surface area contributed by atoms with Crippen molar-refractivity contribution in [3.05, 3.63) is 23.3 Å². The molecule has 8 rings (SSSR count). The monoisotopic (exact) mass is 844 g/mol. The summed E-state index contributed by atoms with van der Waals surface area (Å²) in [7, 11) is 5.92. The highest BCUT2D eigenvalue weighted by atomic mass is 33.1. The second kappa shape index (κ2) is 17.6. The third-order valence-corrected chi connectivity index (χ3v) is 19.0. The SMILES string of the molecule is CC=C(C)C(=O)OC1(C)CC=C2CSSC3CCC(NC)C4CN(C(=O)CC5CNC(N)CC5C2C12CC1CC5CC(CC(CO)CCCO)C(=O)OC5CC1O2)C34. The molecule has 0 aromatic rings. The van der Waals surface area contributed by atoms with Crippen molar-refractivity contribution in [1.82, 2.24) is 15.5 Å². The van der Waals surface area contributed by atoms with E-state index in [1.54, 1.807) is 13.0 Å². The Morgan fingerprint density at radius 1 is 1.16 bits per heavy atom. The van der Waals surface area contributed by atoms with Crippen LogP contribution >= 0.6 is 21.6 Å². The fourth-order valence-corrected chi connectivity index (χ4v) is 16.0. The van der Waals surface area contributed by atoms with E-state index in [-0.39, 0.29) is 96.9 Å². The second-order valence-corrected chi connectivity index (χ2v) is 21.9. The fraction of sp³-hybridized carbons (Fsp3) is 0.841. The number of rotatable bonds is 9. The van der Waals surface area contributed by atoms with Crippen molar-refractivity contribution in [2.45, 2.75) is 145 Å². The van der Waals surface area contributed by atoms with Crippen LogP contribution in [0, 0.1) is 47.3 Å². The summed E-state index contributed by atoms with van der Waals surface area (Å²) in [4.78, 5) is 44.0. The molecular weight excluding hydrogens is 777 g/mol. The molecule has 0 radical (unpaired) electrons. The zero-order valence-electron chi connectivity index (χ0n) is 34.9. The maximum atomic E-state index is 14.5. The molecule has 6 N–H and O–H groups in total. The van der Waals surface area contributed by atoms with E-state index in [4.69, 9.17) is 19.9 Å². The number of esters is 2. The molecule has 324 valence electrons. The number of nitrogens with one attached hydrogen (secondary N) is 2. The summed E-state index contributed by atoms with van der Waals surface area (Å²) >= 11 is 0. The zero-order valence-corrected chi connectivity index (χ0v) is 36.6. The van der Waals surface area contributed by atoms with E-state index in [0.717, 1.165) is 31.6 Å². The summed E-state index contributed by atoms with van der Waals surface area (Å²) in [6, 6.07) is 0.694. The lowest BCUT2D eigenvalue weighted by atomic mass is 9.56. The Kier molecular flexibility index (Phi) is 13.1. The number of carbonyl (C=O) groups is 3. The molecule has 0 aromatic carbocycles. The molecule has 1 amide bonds. The van der Waals surface area contributed by atoms with Crippen molar-refractivity contribution in [3.63, 3.8) is 0 Å². The lowest BCUT2D eigenvalue weighted by molar-refractivity contribution is -0.229. The van der Waals surface area contributed by atoms with Gasteiger partial charge in [0.15, 0.2) is 0 Å². The Morgan fingerprint density at radius 3 is 2.74 bits per heavy atom. The second-order valence-electron chi connectivity index (χ2n) is 19.3. The van der Waals surface area contributed by atoms with Gasteiger partial charge in [-0.3, -0.25) is 9.59 Å². The minimum atomic E-state index is -0.995. The number of aliphatic hydroxyl groups is 2. The summed E-state index contributed by atoms with van der Waals surface area (Å²) in [6.45, 7) is 7.23. The smallest absolute Gasteiger partial charge is 0.334 e. The minimum absolute atomic E-state index is 0.0134. The average Bonchev–Trinajstić information content (AvgIpc) is 3.56. The fourth-order valence-electron chi connectivity index (χ4n) is 12.9. The first-order valence-corrected chi connectivity index (χ1v) is 24.7. The standard InChI is InChI=1S/C44H68N4O8S2/c1-5-24(2)41(52)56-43(3)11-10-26-23-57-58-36-9-8-33(46-4)32-21-48(40(32)36)38(51)16-30-20-47-37(45)17-31(30)39(26)44(43)19-29-15-27-14-28(13-25(22-50)7-6-12-49)42(53)54-34(27)18-35(29)55-44/h5,10,25,27-37,39-40,46-47,49-50H,6-9,11-23,45H2,1-4H3. The number of piperidine rings is 1. The molecule has 16 unspecified atom stereocenters. The van der Waals surface area contributed by atoms with Crippen molar-refractivity contribution in [2.75, 3.05) is 39.1 Å². The largest absolute Gasteiger partial charge is 0.462 e. The van der Waals surface area contributed by atoms with Gasteiger partial charge in [0.25, 0.3) is 0 Å². The van der Waals surface area contributed by atoms with Gasteiger partial charge in [-0.25, -0.2) is 4.79 Å². The van der Waals surface area contributed by atoms with Gasteiger partial charge in [0.1, 0.15) is 17.3 Å². The number of hydrogen-bond donors (Lipinski definition) is 5. The van der Waals surface area contributed by atoms with Crippen LogP contribution in [-0.4, -0.2) is 119 Å². The first kappa shape index (κ1) is 43.0. The van der Waals surface area contributed by atoms with Gasteiger partial charge in [-0.2, -0.15) is 0 Å². The highest BCUT2D eigenvalue weighted by Gasteiger charge is 2.68. The Balaban J connectivity index is 1.13. The first-order valence-electron chi connectivity index (χ1n) is 22.3. The van der Waals surface area contributed by atoms with Crippen LogP contribution in [0.15, 0.2) is 23.3 Å². The van der Waals surface area contributed by atoms with Crippen LogP contribution in [0.5, 0.6) is 0 Å². The highest BCUT2D eigenvalue weighted by molar-refractivity contribution is 8.77. The number of aliphatic hydroxyl groups excluding tert-OH is 2. The summed E-state index contributed by atoms with van der Waals surface area (Å²) in [5, 5.41) is 27.0. The van der Waals surface area contributed by atoms with Gasteiger partial charge in [-0.05, 0) is 115 Å². The Labute approximate surface area is 352 Å². The molecular formula is C44H68N4O8S2. The van der Waals surface area contributed by atoms with Gasteiger partial charge in [-0.15, -0.1) is 0 Å². The molecule has 0 bridgehead atoms. The number of nitrogens with zero attached hydrogens (tertiary/aromatic N) is 1. The van der Waals surface area contributed by atoms with Crippen molar-refractivity contribution < 1.29 is 38.8 Å². The van der Waals surface area contributed by atoms with E-state index in [1.807, 2.05) is 28.5 Å². The number of fused-ring (bicyclic) bond motifs is 6. The summed E-state index contributed by atoms with van der Waals surface area (Å²) in [5.74, 6) is 0.904. The third-order valence-electron chi connectivity index (χ3n) is 16.1. The van der Waals surface area contributed by atoms with Crippen molar-refractivity contribution in [1.29, 1.82) is 0 Å². The number of carbonyl (C=O) groups excluding carboxylic acids is 3. The topological polar surface area (TPSA) is 173 Å². The Morgan fingerprint density at radius 2 is 1.98 bits per heavy atom. The molecule has 3 aliphatic carbocycles. The maximum Gasteiger partial charge on any atom is 0.334 e. The molecule has 5 aliphatic heterocycles. The van der Waals surface area contributed by atoms with Gasteiger partial charge >= 0.3 is 11.9 Å². The van der Waals surface area contributed by atoms with Gasteiger partial charge in [0, 0.05) is 80.0 Å². The van der Waals surface area contributed by atoms with Gasteiger partial charge in [0.2, 0.25) is 5.91 Å². The summed E-state index contributed by atoms with van der Waals surface area (Å²) in [6.07, 6.45) is 12.0. The molecule has 7 fully saturated rings. The molecule has 1 spiro atoms. The van der Waals surface area contributed by atoms with Crippen LogP contribution in [0.25, 0.3) is 0 Å². The molecule has 2 saturated carbocycles. The van der Waals surface area contributed by atoms with Crippen LogP contribution in [-0.2, 0) is 28.6 Å². The molecule has 8 aliphatic rings. The summed E-state index contributed by atoms with van der Waals surface area (Å²) < 4.78 is 20.6. The number of nitrogens with two attached hydrogens (primary N) is 1. The molecule has 16 atom stereocenters. The average molecular weight is 845 g/mol. The van der Waals surface area contributed by atoms with Crippen molar-refractivity contribution in [2.24, 2.45) is 53.1 Å². The zero-order chi connectivity index (χ0) is 40.9. The lowest BCUT2D eigenvalue weighted by Gasteiger charge is -2.59. The number of hydrogen-bond acceptors (Lipinski definition) is 13. The normalized spacial score (nSPS) is 44.5. The third kappa shape index (κ3) is 7.85. The molecule has 0 aromatic heterocycles. The van der Waals surface area contributed by atoms with Crippen molar-refractivity contribution in [3.8, 4) is 0 Å². The quantitative estimate of drug-likeness (QED) is 0.0963. The van der Waals surface area contributed by atoms with E-state index in [2.05, 4.69) is 35.6 Å². The molecule has 5 heterocycles. The van der Waals surface area contributed by atoms with E-state index in [1.165, 1.54) is 5.57 Å². The predicted octanol–water partition coefficient (Wildman–Crippen LogP) is 4.33. The van der Waals surface area contributed by atoms with Crippen LogP contribution in [0.4, 0.5) is 0 Å². The molecule has 12 nitrogen and oxygen atoms in total. The van der Waals surface area contributed by atoms with E-state index in [9.17, 15) is 24.6 Å². The molecule has 14 heteroatoms. The Bertz CT molecular complexity index is 1620. The van der Waals surface area contributed by atoms with Gasteiger partial charge in [-0.1, -0.05) is 39.3 Å². The minimum Gasteiger partial charge on any atom is -0.462 e. The van der Waals surface area contributed by atoms with E-state index in [0.29, 0.717) is 87.1 Å². The number of allylic oxidation sites excluding steroid dienone is 1. The number of amides is 1. The van der Waals surface area contributed by atoms with Crippen LogP contribution < -0.4 is 16.4 Å². The molecule has 58 heavy (non-hydrogen) atoms. The lowest BCUT2D eigenvalue weighted by Crippen LogP contribution is -2.70. The van der Waals surface area contributed by atoms with Crippen LogP contribution in [0.2, 0.25) is 0 Å². The van der Waals surface area contributed by atoms with E-state index >= 15 is 0 Å². The first-order chi connectivity index (χ1) is 27.9. The van der Waals surface area contributed by atoms with Crippen LogP contribution in [0.1, 0.15) is 97.8 Å². The van der Waals surface area contributed by atoms with Gasteiger partial charge < -0.3 is 45.7 Å².